The summed E-state index contributed by atoms with van der Waals surface area (Å²) in [6.45, 7) is 3.31. The van der Waals surface area contributed by atoms with Crippen molar-refractivity contribution in [2.75, 3.05) is 11.1 Å². The summed E-state index contributed by atoms with van der Waals surface area (Å²) >= 11 is 0. The number of anilines is 1. The highest BCUT2D eigenvalue weighted by Crippen LogP contribution is 2.22. The van der Waals surface area contributed by atoms with Crippen LogP contribution < -0.4 is 5.32 Å². The number of hydrogen-bond acceptors (Lipinski definition) is 4. The minimum absolute atomic E-state index is 0.00518. The van der Waals surface area contributed by atoms with Gasteiger partial charge >= 0.3 is 5.97 Å². The van der Waals surface area contributed by atoms with Gasteiger partial charge in [0.05, 0.1) is 22.1 Å². The summed E-state index contributed by atoms with van der Waals surface area (Å²) in [6, 6.07) is 12.6. The predicted molar refractivity (Wildman–Crippen MR) is 99.2 cm³/mol. The normalized spacial score (nSPS) is 12.4. The maximum Gasteiger partial charge on any atom is 0.310 e. The number of carboxylic acids is 1. The van der Waals surface area contributed by atoms with Gasteiger partial charge in [-0.05, 0) is 43.2 Å². The molecule has 26 heavy (non-hydrogen) atoms. The van der Waals surface area contributed by atoms with Crippen LogP contribution in [-0.2, 0) is 14.6 Å². The van der Waals surface area contributed by atoms with Gasteiger partial charge in [0, 0.05) is 5.69 Å². The molecular formula is C19H21NO5S. The van der Waals surface area contributed by atoms with Crippen LogP contribution in [0.15, 0.2) is 53.4 Å². The van der Waals surface area contributed by atoms with Gasteiger partial charge in [0.15, 0.2) is 9.84 Å². The van der Waals surface area contributed by atoms with E-state index in [0.29, 0.717) is 17.7 Å². The smallest absolute Gasteiger partial charge is 0.310 e. The summed E-state index contributed by atoms with van der Waals surface area (Å²) in [5.74, 6) is -2.28. The standard InChI is InChI=1S/C19H21NO5S/c1-3-11-26(24,25)17-10-5-4-9-16(17)18(21)20-15-8-6-7-14(12-15)13(2)19(22)23/h4-10,12-13H,3,11H2,1-2H3,(H,20,21)(H,22,23). The summed E-state index contributed by atoms with van der Waals surface area (Å²) < 4.78 is 24.8. The van der Waals surface area contributed by atoms with Crippen LogP contribution in [0.4, 0.5) is 5.69 Å². The SMILES string of the molecule is CCCS(=O)(=O)c1ccccc1C(=O)Nc1cccc(C(C)C(=O)O)c1. The van der Waals surface area contributed by atoms with Gasteiger partial charge in [-0.1, -0.05) is 31.2 Å². The average molecular weight is 375 g/mol. The Hall–Kier alpha value is -2.67. The number of amides is 1. The van der Waals surface area contributed by atoms with E-state index in [2.05, 4.69) is 5.32 Å². The number of sulfone groups is 1. The maximum absolute atomic E-state index is 12.6. The number of rotatable bonds is 7. The predicted octanol–water partition coefficient (Wildman–Crippen LogP) is 3.31. The van der Waals surface area contributed by atoms with Crippen molar-refractivity contribution in [1.82, 2.24) is 0 Å². The lowest BCUT2D eigenvalue weighted by Crippen LogP contribution is -2.18. The maximum atomic E-state index is 12.6. The molecule has 0 aliphatic rings. The summed E-state index contributed by atoms with van der Waals surface area (Å²) in [7, 11) is -3.55. The molecule has 0 aliphatic heterocycles. The molecule has 2 N–H and O–H groups in total. The molecule has 0 aromatic heterocycles. The van der Waals surface area contributed by atoms with Crippen LogP contribution in [0.2, 0.25) is 0 Å². The molecule has 0 bridgehead atoms. The van der Waals surface area contributed by atoms with Crippen LogP contribution in [0.3, 0.4) is 0 Å². The third-order valence-corrected chi connectivity index (χ3v) is 5.93. The molecule has 1 amide bonds. The molecule has 138 valence electrons. The van der Waals surface area contributed by atoms with Crippen LogP contribution in [0.1, 0.15) is 42.1 Å². The largest absolute Gasteiger partial charge is 0.481 e. The van der Waals surface area contributed by atoms with Crippen molar-refractivity contribution in [2.24, 2.45) is 0 Å². The highest BCUT2D eigenvalue weighted by atomic mass is 32.2. The van der Waals surface area contributed by atoms with Crippen LogP contribution in [0, 0.1) is 0 Å². The monoisotopic (exact) mass is 375 g/mol. The number of nitrogens with one attached hydrogen (secondary N) is 1. The van der Waals surface area contributed by atoms with Crippen molar-refractivity contribution < 1.29 is 23.1 Å². The molecule has 1 atom stereocenters. The first kappa shape index (κ1) is 19.7. The lowest BCUT2D eigenvalue weighted by Gasteiger charge is -2.12. The molecule has 0 fully saturated rings. The van der Waals surface area contributed by atoms with Gasteiger partial charge in [0.1, 0.15) is 0 Å². The van der Waals surface area contributed by atoms with E-state index in [1.165, 1.54) is 12.1 Å². The highest BCUT2D eigenvalue weighted by molar-refractivity contribution is 7.91. The topological polar surface area (TPSA) is 101 Å². The fourth-order valence-electron chi connectivity index (χ4n) is 2.53. The van der Waals surface area contributed by atoms with Crippen LogP contribution in [-0.4, -0.2) is 31.2 Å². The van der Waals surface area contributed by atoms with Crippen molar-refractivity contribution in [2.45, 2.75) is 31.1 Å². The minimum Gasteiger partial charge on any atom is -0.481 e. The lowest BCUT2D eigenvalue weighted by atomic mass is 10.0. The van der Waals surface area contributed by atoms with E-state index in [4.69, 9.17) is 5.11 Å². The van der Waals surface area contributed by atoms with Gasteiger partial charge in [-0.15, -0.1) is 0 Å². The number of hydrogen-bond donors (Lipinski definition) is 2. The number of carbonyl (C=O) groups is 2. The molecule has 2 aromatic rings. The van der Waals surface area contributed by atoms with Gasteiger partial charge < -0.3 is 10.4 Å². The van der Waals surface area contributed by atoms with Gasteiger partial charge in [0.2, 0.25) is 0 Å². The fourth-order valence-corrected chi connectivity index (χ4v) is 4.07. The Labute approximate surface area is 152 Å². The second-order valence-electron chi connectivity index (χ2n) is 5.95. The number of benzene rings is 2. The zero-order chi connectivity index (χ0) is 19.3. The fraction of sp³-hybridized carbons (Fsp3) is 0.263. The lowest BCUT2D eigenvalue weighted by molar-refractivity contribution is -0.138. The van der Waals surface area contributed by atoms with E-state index in [-0.39, 0.29) is 16.2 Å². The van der Waals surface area contributed by atoms with E-state index in [1.807, 2.05) is 0 Å². The summed E-state index contributed by atoms with van der Waals surface area (Å²) in [5.41, 5.74) is 1.02. The van der Waals surface area contributed by atoms with Crippen LogP contribution in [0.25, 0.3) is 0 Å². The summed E-state index contributed by atoms with van der Waals surface area (Å²) in [6.07, 6.45) is 0.452. The Morgan fingerprint density at radius 3 is 2.46 bits per heavy atom. The number of aliphatic carboxylic acids is 1. The van der Waals surface area contributed by atoms with Gasteiger partial charge in [-0.2, -0.15) is 0 Å². The zero-order valence-electron chi connectivity index (χ0n) is 14.6. The minimum atomic E-state index is -3.55. The molecular weight excluding hydrogens is 354 g/mol. The molecule has 0 heterocycles. The Balaban J connectivity index is 2.32. The van der Waals surface area contributed by atoms with Crippen LogP contribution in [0.5, 0.6) is 0 Å². The molecule has 1 unspecified atom stereocenters. The zero-order valence-corrected chi connectivity index (χ0v) is 15.4. The molecule has 7 heteroatoms. The Morgan fingerprint density at radius 2 is 1.81 bits per heavy atom. The van der Waals surface area contributed by atoms with Crippen LogP contribution >= 0.6 is 0 Å². The average Bonchev–Trinajstić information content (AvgIpc) is 2.61. The molecule has 0 aliphatic carbocycles. The molecule has 0 saturated carbocycles. The highest BCUT2D eigenvalue weighted by Gasteiger charge is 2.22. The van der Waals surface area contributed by atoms with Crippen molar-refractivity contribution in [3.05, 3.63) is 59.7 Å². The van der Waals surface area contributed by atoms with Gasteiger partial charge in [-0.25, -0.2) is 8.42 Å². The molecule has 0 radical (unpaired) electrons. The molecule has 2 rings (SSSR count). The van der Waals surface area contributed by atoms with E-state index in [9.17, 15) is 18.0 Å². The number of carboxylic acid groups (broad SMARTS) is 1. The quantitative estimate of drug-likeness (QED) is 0.773. The second-order valence-corrected chi connectivity index (χ2v) is 8.03. The molecule has 6 nitrogen and oxygen atoms in total. The Bertz CT molecular complexity index is 921. The van der Waals surface area contributed by atoms with Crippen molar-refractivity contribution in [1.29, 1.82) is 0 Å². The Morgan fingerprint density at radius 1 is 1.12 bits per heavy atom. The molecule has 0 saturated heterocycles. The van der Waals surface area contributed by atoms with Gasteiger partial charge in [0.25, 0.3) is 5.91 Å². The molecule has 0 spiro atoms. The first-order valence-electron chi connectivity index (χ1n) is 8.22. The summed E-state index contributed by atoms with van der Waals surface area (Å²) in [5, 5.41) is 11.8. The van der Waals surface area contributed by atoms with E-state index in [0.717, 1.165) is 0 Å². The first-order chi connectivity index (χ1) is 12.3. The second kappa shape index (κ2) is 8.14. The van der Waals surface area contributed by atoms with Crippen molar-refractivity contribution in [3.8, 4) is 0 Å². The third kappa shape index (κ3) is 4.49. The Kier molecular flexibility index (Phi) is 6.15. The van der Waals surface area contributed by atoms with Crippen molar-refractivity contribution in [3.63, 3.8) is 0 Å². The van der Waals surface area contributed by atoms with Gasteiger partial charge in [-0.3, -0.25) is 9.59 Å². The van der Waals surface area contributed by atoms with Crippen molar-refractivity contribution >= 4 is 27.4 Å². The van der Waals surface area contributed by atoms with E-state index in [1.54, 1.807) is 50.2 Å². The number of carbonyl (C=O) groups excluding carboxylic acids is 1. The van der Waals surface area contributed by atoms with E-state index < -0.39 is 27.6 Å². The summed E-state index contributed by atoms with van der Waals surface area (Å²) in [4.78, 5) is 23.7. The molecule has 2 aromatic carbocycles. The first-order valence-corrected chi connectivity index (χ1v) is 9.87. The third-order valence-electron chi connectivity index (χ3n) is 3.95. The van der Waals surface area contributed by atoms with E-state index >= 15 is 0 Å².